The summed E-state index contributed by atoms with van der Waals surface area (Å²) < 4.78 is 0. The van der Waals surface area contributed by atoms with E-state index in [2.05, 4.69) is 48.5 Å². The second-order valence-corrected chi connectivity index (χ2v) is 6.48. The van der Waals surface area contributed by atoms with Crippen LogP contribution in [-0.4, -0.2) is 31.1 Å². The molecule has 1 fully saturated rings. The summed E-state index contributed by atoms with van der Waals surface area (Å²) in [7, 11) is 2.13. The summed E-state index contributed by atoms with van der Waals surface area (Å²) in [6.45, 7) is 4.95. The van der Waals surface area contributed by atoms with Gasteiger partial charge in [-0.3, -0.25) is 4.90 Å². The van der Waals surface area contributed by atoms with Crippen molar-refractivity contribution in [1.29, 1.82) is 0 Å². The van der Waals surface area contributed by atoms with Crippen LogP contribution in [0.5, 0.6) is 0 Å². The molecule has 3 rings (SSSR count). The molecule has 2 heteroatoms. The van der Waals surface area contributed by atoms with Crippen molar-refractivity contribution in [1.82, 2.24) is 10.2 Å². The van der Waals surface area contributed by atoms with E-state index < -0.39 is 0 Å². The number of likely N-dealkylation sites (tertiary alicyclic amines) is 1. The van der Waals surface area contributed by atoms with E-state index >= 15 is 0 Å². The van der Waals surface area contributed by atoms with Crippen LogP contribution in [0.2, 0.25) is 0 Å². The van der Waals surface area contributed by atoms with Crippen LogP contribution in [0.25, 0.3) is 0 Å². The Bertz CT molecular complexity index is 443. The number of nitrogens with zero attached hydrogens (tertiary/aromatic N) is 1. The lowest BCUT2D eigenvalue weighted by molar-refractivity contribution is 0.0880. The molecule has 3 unspecified atom stereocenters. The van der Waals surface area contributed by atoms with Crippen molar-refractivity contribution >= 4 is 0 Å². The molecule has 2 aliphatic rings. The summed E-state index contributed by atoms with van der Waals surface area (Å²) in [5.74, 6) is 0.915. The average Bonchev–Trinajstić information content (AvgIpc) is 2.53. The van der Waals surface area contributed by atoms with E-state index in [-0.39, 0.29) is 0 Å². The molecule has 1 aromatic carbocycles. The lowest BCUT2D eigenvalue weighted by atomic mass is 9.82. The molecule has 3 atom stereocenters. The van der Waals surface area contributed by atoms with Gasteiger partial charge in [-0.2, -0.15) is 0 Å². The average molecular weight is 272 g/mol. The maximum Gasteiger partial charge on any atom is 0.0478 e. The van der Waals surface area contributed by atoms with Crippen LogP contribution in [0.15, 0.2) is 24.3 Å². The fourth-order valence-corrected chi connectivity index (χ4v) is 4.22. The molecule has 0 aromatic heterocycles. The van der Waals surface area contributed by atoms with Crippen LogP contribution in [0, 0.1) is 5.92 Å². The van der Waals surface area contributed by atoms with Gasteiger partial charge in [0, 0.05) is 18.6 Å². The molecule has 20 heavy (non-hydrogen) atoms. The highest BCUT2D eigenvalue weighted by Crippen LogP contribution is 2.35. The van der Waals surface area contributed by atoms with Gasteiger partial charge >= 0.3 is 0 Å². The Balaban J connectivity index is 1.80. The second kappa shape index (κ2) is 6.28. The van der Waals surface area contributed by atoms with Gasteiger partial charge in [0.2, 0.25) is 0 Å². The summed E-state index contributed by atoms with van der Waals surface area (Å²) in [6.07, 6.45) is 6.70. The van der Waals surface area contributed by atoms with Crippen molar-refractivity contribution in [2.75, 3.05) is 20.1 Å². The van der Waals surface area contributed by atoms with E-state index in [0.29, 0.717) is 12.1 Å². The zero-order chi connectivity index (χ0) is 13.9. The van der Waals surface area contributed by atoms with Gasteiger partial charge in [-0.25, -0.2) is 0 Å². The van der Waals surface area contributed by atoms with Crippen molar-refractivity contribution in [2.45, 2.75) is 51.1 Å². The van der Waals surface area contributed by atoms with Crippen LogP contribution in [0.4, 0.5) is 0 Å². The SMILES string of the molecule is CCC1CCCN(C2CCc3ccccc3C2NC)C1. The second-order valence-electron chi connectivity index (χ2n) is 6.48. The van der Waals surface area contributed by atoms with E-state index in [4.69, 9.17) is 0 Å². The van der Waals surface area contributed by atoms with E-state index in [0.717, 1.165) is 5.92 Å². The monoisotopic (exact) mass is 272 g/mol. The van der Waals surface area contributed by atoms with Crippen LogP contribution >= 0.6 is 0 Å². The first-order valence-corrected chi connectivity index (χ1v) is 8.32. The molecule has 1 aliphatic heterocycles. The Hall–Kier alpha value is -0.860. The van der Waals surface area contributed by atoms with Crippen molar-refractivity contribution in [3.63, 3.8) is 0 Å². The number of piperidine rings is 1. The first-order chi connectivity index (χ1) is 9.83. The van der Waals surface area contributed by atoms with Crippen molar-refractivity contribution in [2.24, 2.45) is 5.92 Å². The molecular formula is C18H28N2. The van der Waals surface area contributed by atoms with Gasteiger partial charge in [0.05, 0.1) is 0 Å². The number of aryl methyl sites for hydroxylation is 1. The van der Waals surface area contributed by atoms with Crippen LogP contribution in [0.3, 0.4) is 0 Å². The van der Waals surface area contributed by atoms with Gasteiger partial charge in [-0.15, -0.1) is 0 Å². The van der Waals surface area contributed by atoms with E-state index in [1.807, 2.05) is 0 Å². The molecule has 1 N–H and O–H groups in total. The number of fused-ring (bicyclic) bond motifs is 1. The molecule has 1 heterocycles. The van der Waals surface area contributed by atoms with Crippen molar-refractivity contribution in [3.8, 4) is 0 Å². The third kappa shape index (κ3) is 2.64. The summed E-state index contributed by atoms with van der Waals surface area (Å²) in [5, 5.41) is 3.60. The topological polar surface area (TPSA) is 15.3 Å². The van der Waals surface area contributed by atoms with E-state index in [9.17, 15) is 0 Å². The first-order valence-electron chi connectivity index (χ1n) is 8.32. The summed E-state index contributed by atoms with van der Waals surface area (Å²) in [5.41, 5.74) is 3.08. The third-order valence-corrected chi connectivity index (χ3v) is 5.39. The highest BCUT2D eigenvalue weighted by molar-refractivity contribution is 5.34. The fraction of sp³-hybridized carbons (Fsp3) is 0.667. The summed E-state index contributed by atoms with van der Waals surface area (Å²) in [6, 6.07) is 10.2. The Labute approximate surface area is 123 Å². The minimum Gasteiger partial charge on any atom is -0.312 e. The molecule has 110 valence electrons. The number of rotatable bonds is 3. The number of likely N-dealkylation sites (N-methyl/N-ethyl adjacent to an activating group) is 1. The lowest BCUT2D eigenvalue weighted by Gasteiger charge is -2.44. The summed E-state index contributed by atoms with van der Waals surface area (Å²) in [4.78, 5) is 2.77. The van der Waals surface area contributed by atoms with E-state index in [1.54, 1.807) is 5.56 Å². The highest BCUT2D eigenvalue weighted by atomic mass is 15.2. The molecule has 0 radical (unpaired) electrons. The maximum absolute atomic E-state index is 3.60. The van der Waals surface area contributed by atoms with Gasteiger partial charge in [0.25, 0.3) is 0 Å². The largest absolute Gasteiger partial charge is 0.312 e. The first kappa shape index (κ1) is 14.1. The fourth-order valence-electron chi connectivity index (χ4n) is 4.22. The normalized spacial score (nSPS) is 31.0. The molecule has 0 spiro atoms. The van der Waals surface area contributed by atoms with Gasteiger partial charge in [-0.05, 0) is 56.3 Å². The van der Waals surface area contributed by atoms with Crippen LogP contribution in [0.1, 0.15) is 49.8 Å². The molecule has 1 saturated heterocycles. The predicted octanol–water partition coefficient (Wildman–Crippen LogP) is 3.38. The molecular weight excluding hydrogens is 244 g/mol. The smallest absolute Gasteiger partial charge is 0.0478 e. The maximum atomic E-state index is 3.60. The third-order valence-electron chi connectivity index (χ3n) is 5.39. The zero-order valence-electron chi connectivity index (χ0n) is 12.9. The van der Waals surface area contributed by atoms with Gasteiger partial charge in [-0.1, -0.05) is 37.6 Å². The lowest BCUT2D eigenvalue weighted by Crippen LogP contribution is -2.50. The number of nitrogens with one attached hydrogen (secondary N) is 1. The quantitative estimate of drug-likeness (QED) is 0.907. The van der Waals surface area contributed by atoms with Crippen molar-refractivity contribution < 1.29 is 0 Å². The van der Waals surface area contributed by atoms with E-state index in [1.165, 1.54) is 50.8 Å². The van der Waals surface area contributed by atoms with Crippen LogP contribution < -0.4 is 5.32 Å². The Morgan fingerprint density at radius 1 is 1.25 bits per heavy atom. The Kier molecular flexibility index (Phi) is 4.42. The minimum absolute atomic E-state index is 0.510. The van der Waals surface area contributed by atoms with Crippen molar-refractivity contribution in [3.05, 3.63) is 35.4 Å². The predicted molar refractivity (Wildman–Crippen MR) is 84.9 cm³/mol. The molecule has 0 saturated carbocycles. The molecule has 2 nitrogen and oxygen atoms in total. The van der Waals surface area contributed by atoms with Gasteiger partial charge < -0.3 is 5.32 Å². The number of hydrogen-bond donors (Lipinski definition) is 1. The molecule has 0 bridgehead atoms. The Morgan fingerprint density at radius 2 is 2.10 bits per heavy atom. The number of benzene rings is 1. The van der Waals surface area contributed by atoms with Gasteiger partial charge in [0.1, 0.15) is 0 Å². The highest BCUT2D eigenvalue weighted by Gasteiger charge is 2.34. The Morgan fingerprint density at radius 3 is 2.90 bits per heavy atom. The minimum atomic E-state index is 0.510. The van der Waals surface area contributed by atoms with Gasteiger partial charge in [0.15, 0.2) is 0 Å². The standard InChI is InChI=1S/C18H28N2/c1-3-14-7-6-12-20(13-14)17-11-10-15-8-4-5-9-16(15)18(17)19-2/h4-5,8-9,14,17-19H,3,6-7,10-13H2,1-2H3. The number of hydrogen-bond acceptors (Lipinski definition) is 2. The molecule has 0 amide bonds. The van der Waals surface area contributed by atoms with Crippen LogP contribution in [-0.2, 0) is 6.42 Å². The molecule has 1 aliphatic carbocycles. The zero-order valence-corrected chi connectivity index (χ0v) is 12.9. The summed E-state index contributed by atoms with van der Waals surface area (Å²) >= 11 is 0. The molecule has 1 aromatic rings.